The van der Waals surface area contributed by atoms with Crippen LogP contribution in [0.1, 0.15) is 16.9 Å². The van der Waals surface area contributed by atoms with Gasteiger partial charge in [-0.15, -0.1) is 11.3 Å². The van der Waals surface area contributed by atoms with Crippen LogP contribution in [0.4, 0.5) is 5.82 Å². The fourth-order valence-corrected chi connectivity index (χ4v) is 3.45. The van der Waals surface area contributed by atoms with Gasteiger partial charge in [-0.05, 0) is 35.6 Å². The minimum atomic E-state index is -0.0349. The van der Waals surface area contributed by atoms with Crippen molar-refractivity contribution in [3.8, 4) is 0 Å². The number of amides is 1. The number of hydrogen-bond acceptors (Lipinski definition) is 3. The smallest absolute Gasteiger partial charge is 0.225 e. The molecule has 0 saturated heterocycles. The number of aromatic nitrogens is 2. The normalized spacial score (nSPS) is 10.8. The van der Waals surface area contributed by atoms with Crippen molar-refractivity contribution in [2.75, 3.05) is 5.32 Å². The van der Waals surface area contributed by atoms with Crippen molar-refractivity contribution in [2.24, 2.45) is 0 Å². The number of anilines is 1. The minimum Gasteiger partial charge on any atom is -0.311 e. The van der Waals surface area contributed by atoms with Gasteiger partial charge in [0.2, 0.25) is 5.91 Å². The number of halogens is 2. The zero-order valence-electron chi connectivity index (χ0n) is 12.7. The third-order valence-electron chi connectivity index (χ3n) is 3.50. The Hall–Kier alpha value is -1.82. The highest BCUT2D eigenvalue weighted by Gasteiger charge is 2.10. The number of nitrogens with zero attached hydrogens (tertiary/aromatic N) is 2. The topological polar surface area (TPSA) is 46.9 Å². The van der Waals surface area contributed by atoms with E-state index in [0.29, 0.717) is 28.8 Å². The summed E-state index contributed by atoms with van der Waals surface area (Å²) >= 11 is 13.8. The number of thiophene rings is 1. The van der Waals surface area contributed by atoms with E-state index in [1.165, 1.54) is 4.88 Å². The van der Waals surface area contributed by atoms with Crippen LogP contribution in [0.3, 0.4) is 0 Å². The van der Waals surface area contributed by atoms with Gasteiger partial charge in [0.25, 0.3) is 0 Å². The van der Waals surface area contributed by atoms with E-state index in [1.54, 1.807) is 40.4 Å². The molecular formula is C17H15Cl2N3OS. The van der Waals surface area contributed by atoms with Crippen LogP contribution in [0.25, 0.3) is 0 Å². The quantitative estimate of drug-likeness (QED) is 0.663. The van der Waals surface area contributed by atoms with Crippen LogP contribution in [-0.4, -0.2) is 15.7 Å². The van der Waals surface area contributed by atoms with Crippen LogP contribution in [0, 0.1) is 0 Å². The lowest BCUT2D eigenvalue weighted by Crippen LogP contribution is -2.16. The minimum absolute atomic E-state index is 0.0349. The molecule has 2 heterocycles. The molecule has 0 unspecified atom stereocenters. The van der Waals surface area contributed by atoms with Gasteiger partial charge in [-0.3, -0.25) is 4.79 Å². The molecule has 2 aromatic heterocycles. The standard InChI is InChI=1S/C17H15Cl2N3OS/c18-13-4-3-12(15(19)10-13)11-22-16(7-8-20-22)21-17(23)6-5-14-2-1-9-24-14/h1-4,7-10H,5-6,11H2,(H,21,23). The molecule has 124 valence electrons. The van der Waals surface area contributed by atoms with Crippen molar-refractivity contribution >= 4 is 46.3 Å². The van der Waals surface area contributed by atoms with E-state index in [4.69, 9.17) is 23.2 Å². The Morgan fingerprint density at radius 2 is 2.12 bits per heavy atom. The summed E-state index contributed by atoms with van der Waals surface area (Å²) in [7, 11) is 0. The fraction of sp³-hybridized carbons (Fsp3) is 0.176. The lowest BCUT2D eigenvalue weighted by Gasteiger charge is -2.10. The Balaban J connectivity index is 1.63. The Morgan fingerprint density at radius 3 is 2.88 bits per heavy atom. The summed E-state index contributed by atoms with van der Waals surface area (Å²) in [6.07, 6.45) is 2.83. The number of nitrogens with one attached hydrogen (secondary N) is 1. The molecular weight excluding hydrogens is 365 g/mol. The van der Waals surface area contributed by atoms with E-state index in [1.807, 2.05) is 23.6 Å². The van der Waals surface area contributed by atoms with Crippen LogP contribution in [0.15, 0.2) is 48.0 Å². The molecule has 4 nitrogen and oxygen atoms in total. The highest BCUT2D eigenvalue weighted by molar-refractivity contribution is 7.09. The van der Waals surface area contributed by atoms with Crippen LogP contribution in [-0.2, 0) is 17.8 Å². The first-order chi connectivity index (χ1) is 11.6. The van der Waals surface area contributed by atoms with E-state index in [0.717, 1.165) is 12.0 Å². The van der Waals surface area contributed by atoms with E-state index >= 15 is 0 Å². The Bertz CT molecular complexity index is 830. The summed E-state index contributed by atoms with van der Waals surface area (Å²) in [6, 6.07) is 11.1. The first kappa shape index (κ1) is 17.0. The van der Waals surface area contributed by atoms with Crippen LogP contribution < -0.4 is 5.32 Å². The van der Waals surface area contributed by atoms with Crippen molar-refractivity contribution in [2.45, 2.75) is 19.4 Å². The Labute approximate surface area is 154 Å². The van der Waals surface area contributed by atoms with E-state index < -0.39 is 0 Å². The summed E-state index contributed by atoms with van der Waals surface area (Å²) in [5.74, 6) is 0.615. The van der Waals surface area contributed by atoms with Crippen molar-refractivity contribution in [3.05, 3.63) is 68.5 Å². The predicted octanol–water partition coefficient (Wildman–Crippen LogP) is 4.87. The molecule has 0 atom stereocenters. The second-order valence-electron chi connectivity index (χ2n) is 5.24. The molecule has 0 fully saturated rings. The van der Waals surface area contributed by atoms with Gasteiger partial charge in [0.05, 0.1) is 12.7 Å². The molecule has 3 rings (SSSR count). The summed E-state index contributed by atoms with van der Waals surface area (Å²) in [4.78, 5) is 13.3. The molecule has 0 spiro atoms. The Kier molecular flexibility index (Phi) is 5.56. The van der Waals surface area contributed by atoms with E-state index in [2.05, 4.69) is 10.4 Å². The SMILES string of the molecule is O=C(CCc1cccs1)Nc1ccnn1Cc1ccc(Cl)cc1Cl. The number of carbonyl (C=O) groups excluding carboxylic acids is 1. The van der Waals surface area contributed by atoms with Crippen LogP contribution >= 0.6 is 34.5 Å². The molecule has 24 heavy (non-hydrogen) atoms. The molecule has 0 bridgehead atoms. The molecule has 0 aliphatic rings. The summed E-state index contributed by atoms with van der Waals surface area (Å²) in [6.45, 7) is 0.462. The molecule has 0 aliphatic heterocycles. The van der Waals surface area contributed by atoms with E-state index in [9.17, 15) is 4.79 Å². The van der Waals surface area contributed by atoms with Crippen molar-refractivity contribution in [1.29, 1.82) is 0 Å². The van der Waals surface area contributed by atoms with Crippen LogP contribution in [0.5, 0.6) is 0 Å². The molecule has 0 aliphatic carbocycles. The number of benzene rings is 1. The molecule has 1 aromatic carbocycles. The molecule has 0 radical (unpaired) electrons. The molecule has 1 amide bonds. The van der Waals surface area contributed by atoms with Gasteiger partial charge in [-0.1, -0.05) is 35.3 Å². The van der Waals surface area contributed by atoms with Crippen molar-refractivity contribution in [1.82, 2.24) is 9.78 Å². The predicted molar refractivity (Wildman–Crippen MR) is 99.1 cm³/mol. The maximum atomic E-state index is 12.1. The third-order valence-corrected chi connectivity index (χ3v) is 5.02. The fourth-order valence-electron chi connectivity index (χ4n) is 2.27. The monoisotopic (exact) mass is 379 g/mol. The van der Waals surface area contributed by atoms with Gasteiger partial charge < -0.3 is 5.32 Å². The summed E-state index contributed by atoms with van der Waals surface area (Å²) in [5, 5.41) is 10.3. The second kappa shape index (κ2) is 7.83. The van der Waals surface area contributed by atoms with Crippen LogP contribution in [0.2, 0.25) is 10.0 Å². The molecule has 1 N–H and O–H groups in total. The summed E-state index contributed by atoms with van der Waals surface area (Å²) in [5.41, 5.74) is 0.888. The molecule has 7 heteroatoms. The van der Waals surface area contributed by atoms with Gasteiger partial charge in [0, 0.05) is 27.4 Å². The van der Waals surface area contributed by atoms with Crippen molar-refractivity contribution in [3.63, 3.8) is 0 Å². The van der Waals surface area contributed by atoms with Gasteiger partial charge in [0.1, 0.15) is 5.82 Å². The van der Waals surface area contributed by atoms with E-state index in [-0.39, 0.29) is 5.91 Å². The zero-order valence-corrected chi connectivity index (χ0v) is 15.0. The number of carbonyl (C=O) groups is 1. The average molecular weight is 380 g/mol. The number of rotatable bonds is 6. The Morgan fingerprint density at radius 1 is 1.25 bits per heavy atom. The van der Waals surface area contributed by atoms with Crippen molar-refractivity contribution < 1.29 is 4.79 Å². The second-order valence-corrected chi connectivity index (χ2v) is 7.11. The number of aryl methyl sites for hydroxylation is 1. The maximum Gasteiger partial charge on any atom is 0.225 e. The average Bonchev–Trinajstić information content (AvgIpc) is 3.20. The molecule has 3 aromatic rings. The lowest BCUT2D eigenvalue weighted by atomic mass is 10.2. The van der Waals surface area contributed by atoms with Gasteiger partial charge in [0.15, 0.2) is 0 Å². The zero-order chi connectivity index (χ0) is 16.9. The number of hydrogen-bond donors (Lipinski definition) is 1. The first-order valence-corrected chi connectivity index (χ1v) is 9.03. The van der Waals surface area contributed by atoms with Gasteiger partial charge >= 0.3 is 0 Å². The highest BCUT2D eigenvalue weighted by Crippen LogP contribution is 2.22. The third kappa shape index (κ3) is 4.38. The first-order valence-electron chi connectivity index (χ1n) is 7.40. The lowest BCUT2D eigenvalue weighted by molar-refractivity contribution is -0.116. The highest BCUT2D eigenvalue weighted by atomic mass is 35.5. The van der Waals surface area contributed by atoms with Gasteiger partial charge in [-0.25, -0.2) is 4.68 Å². The summed E-state index contributed by atoms with van der Waals surface area (Å²) < 4.78 is 1.71. The molecule has 0 saturated carbocycles. The maximum absolute atomic E-state index is 12.1. The van der Waals surface area contributed by atoms with Gasteiger partial charge in [-0.2, -0.15) is 5.10 Å². The largest absolute Gasteiger partial charge is 0.311 e.